The highest BCUT2D eigenvalue weighted by molar-refractivity contribution is 5.98. The van der Waals surface area contributed by atoms with E-state index in [1.807, 2.05) is 30.1 Å². The summed E-state index contributed by atoms with van der Waals surface area (Å²) in [6.07, 6.45) is 5.59. The summed E-state index contributed by atoms with van der Waals surface area (Å²) in [5.74, 6) is -0.00927. The average Bonchev–Trinajstić information content (AvgIpc) is 3.51. The number of aryl methyl sites for hydroxylation is 2. The van der Waals surface area contributed by atoms with Gasteiger partial charge in [0.2, 0.25) is 5.91 Å². The summed E-state index contributed by atoms with van der Waals surface area (Å²) < 4.78 is 7.26. The molecule has 0 aliphatic carbocycles. The Hall–Kier alpha value is -2.87. The summed E-state index contributed by atoms with van der Waals surface area (Å²) in [5, 5.41) is 8.83. The SMILES string of the molecule is CCOC(=O)CN1CCC[C@@H]1C(=O)N1CCC[C@H]1CCc1cc2ccc(C(=N)N)cc2n1C. The van der Waals surface area contributed by atoms with Crippen LogP contribution in [0.25, 0.3) is 10.9 Å². The topological polar surface area (TPSA) is 105 Å². The smallest absolute Gasteiger partial charge is 0.320 e. The zero-order chi connectivity index (χ0) is 23.5. The molecule has 33 heavy (non-hydrogen) atoms. The number of hydrogen-bond donors (Lipinski definition) is 2. The molecule has 1 amide bonds. The molecule has 2 saturated heterocycles. The number of carbonyl (C=O) groups excluding carboxylic acids is 2. The van der Waals surface area contributed by atoms with Gasteiger partial charge in [0.1, 0.15) is 5.84 Å². The lowest BCUT2D eigenvalue weighted by Crippen LogP contribution is -2.48. The summed E-state index contributed by atoms with van der Waals surface area (Å²) in [6.45, 7) is 3.93. The summed E-state index contributed by atoms with van der Waals surface area (Å²) in [7, 11) is 2.05. The molecular weight excluding hydrogens is 418 g/mol. The Morgan fingerprint density at radius 1 is 1.18 bits per heavy atom. The zero-order valence-electron chi connectivity index (χ0n) is 19.7. The fourth-order valence-electron chi connectivity index (χ4n) is 5.39. The van der Waals surface area contributed by atoms with E-state index in [-0.39, 0.29) is 36.3 Å². The van der Waals surface area contributed by atoms with Crippen LogP contribution in [0.4, 0.5) is 0 Å². The quantitative estimate of drug-likeness (QED) is 0.363. The number of aromatic nitrogens is 1. The summed E-state index contributed by atoms with van der Waals surface area (Å²) in [4.78, 5) is 29.4. The van der Waals surface area contributed by atoms with Crippen molar-refractivity contribution in [1.82, 2.24) is 14.4 Å². The lowest BCUT2D eigenvalue weighted by molar-refractivity contribution is -0.146. The van der Waals surface area contributed by atoms with Crippen molar-refractivity contribution in [3.63, 3.8) is 0 Å². The average molecular weight is 454 g/mol. The molecule has 1 aromatic heterocycles. The van der Waals surface area contributed by atoms with Gasteiger partial charge in [-0.3, -0.25) is 19.9 Å². The third-order valence-electron chi connectivity index (χ3n) is 7.14. The van der Waals surface area contributed by atoms with Crippen molar-refractivity contribution >= 4 is 28.6 Å². The second kappa shape index (κ2) is 9.95. The second-order valence-corrected chi connectivity index (χ2v) is 9.18. The predicted molar refractivity (Wildman–Crippen MR) is 128 cm³/mol. The molecule has 2 aromatic rings. The maximum atomic E-state index is 13.4. The fourth-order valence-corrected chi connectivity index (χ4v) is 5.39. The van der Waals surface area contributed by atoms with Gasteiger partial charge in [0.05, 0.1) is 19.2 Å². The van der Waals surface area contributed by atoms with Gasteiger partial charge in [-0.2, -0.15) is 0 Å². The first-order valence-corrected chi connectivity index (χ1v) is 12.0. The molecule has 178 valence electrons. The molecule has 0 bridgehead atoms. The van der Waals surface area contributed by atoms with E-state index in [1.54, 1.807) is 6.92 Å². The van der Waals surface area contributed by atoms with E-state index >= 15 is 0 Å². The Bertz CT molecular complexity index is 1050. The van der Waals surface area contributed by atoms with Crippen molar-refractivity contribution in [2.24, 2.45) is 12.8 Å². The van der Waals surface area contributed by atoms with Gasteiger partial charge in [-0.15, -0.1) is 0 Å². The molecule has 4 rings (SSSR count). The number of esters is 1. The van der Waals surface area contributed by atoms with Crippen LogP contribution in [0.2, 0.25) is 0 Å². The number of nitrogens with zero attached hydrogens (tertiary/aromatic N) is 3. The number of ether oxygens (including phenoxy) is 1. The minimum absolute atomic E-state index is 0.0728. The van der Waals surface area contributed by atoms with Gasteiger partial charge in [-0.05, 0) is 69.5 Å². The van der Waals surface area contributed by atoms with Gasteiger partial charge < -0.3 is 19.9 Å². The zero-order valence-corrected chi connectivity index (χ0v) is 19.7. The first-order valence-electron chi connectivity index (χ1n) is 12.0. The largest absolute Gasteiger partial charge is 0.465 e. The number of hydrogen-bond acceptors (Lipinski definition) is 5. The first-order chi connectivity index (χ1) is 15.9. The van der Waals surface area contributed by atoms with E-state index in [1.165, 1.54) is 5.69 Å². The maximum absolute atomic E-state index is 13.4. The molecule has 2 aliphatic rings. The van der Waals surface area contributed by atoms with Gasteiger partial charge in [-0.25, -0.2) is 0 Å². The van der Waals surface area contributed by atoms with Crippen LogP contribution >= 0.6 is 0 Å². The molecule has 2 aliphatic heterocycles. The number of amides is 1. The Balaban J connectivity index is 1.41. The van der Waals surface area contributed by atoms with E-state index in [4.69, 9.17) is 15.9 Å². The van der Waals surface area contributed by atoms with Gasteiger partial charge in [-0.1, -0.05) is 12.1 Å². The number of fused-ring (bicyclic) bond motifs is 1. The predicted octanol–water partition coefficient (Wildman–Crippen LogP) is 2.41. The van der Waals surface area contributed by atoms with Gasteiger partial charge in [0.25, 0.3) is 0 Å². The van der Waals surface area contributed by atoms with Crippen LogP contribution in [-0.4, -0.2) is 70.4 Å². The lowest BCUT2D eigenvalue weighted by Gasteiger charge is -2.31. The second-order valence-electron chi connectivity index (χ2n) is 9.18. The fraction of sp³-hybridized carbons (Fsp3) is 0.560. The van der Waals surface area contributed by atoms with Crippen LogP contribution in [0.5, 0.6) is 0 Å². The van der Waals surface area contributed by atoms with Gasteiger partial charge in [0, 0.05) is 36.4 Å². The number of nitrogens with two attached hydrogens (primary N) is 1. The maximum Gasteiger partial charge on any atom is 0.320 e. The normalized spacial score (nSPS) is 21.1. The molecule has 0 unspecified atom stereocenters. The molecule has 3 N–H and O–H groups in total. The van der Waals surface area contributed by atoms with Crippen molar-refractivity contribution < 1.29 is 14.3 Å². The van der Waals surface area contributed by atoms with E-state index in [9.17, 15) is 9.59 Å². The highest BCUT2D eigenvalue weighted by Gasteiger charge is 2.38. The molecule has 0 spiro atoms. The number of benzene rings is 1. The van der Waals surface area contributed by atoms with Crippen LogP contribution in [0, 0.1) is 5.41 Å². The van der Waals surface area contributed by atoms with Crippen LogP contribution in [0.1, 0.15) is 50.3 Å². The Morgan fingerprint density at radius 2 is 1.97 bits per heavy atom. The van der Waals surface area contributed by atoms with E-state index in [2.05, 4.69) is 15.5 Å². The molecule has 0 radical (unpaired) electrons. The Labute approximate surface area is 195 Å². The first kappa shape index (κ1) is 23.3. The number of rotatable bonds is 8. The number of carbonyl (C=O) groups is 2. The van der Waals surface area contributed by atoms with Gasteiger partial charge in [0.15, 0.2) is 0 Å². The third-order valence-corrected chi connectivity index (χ3v) is 7.14. The standard InChI is InChI=1S/C25H35N5O3/c1-3-33-23(31)16-29-12-5-7-21(29)25(32)30-13-4-6-19(30)10-11-20-14-17-8-9-18(24(26)27)15-22(17)28(20)2/h8-9,14-15,19,21H,3-7,10-13,16H2,1-2H3,(H3,26,27)/t19-,21+/m0/s1. The summed E-state index contributed by atoms with van der Waals surface area (Å²) in [5.41, 5.74) is 8.67. The van der Waals surface area contributed by atoms with Crippen molar-refractivity contribution in [1.29, 1.82) is 5.41 Å². The van der Waals surface area contributed by atoms with Crippen LogP contribution in [-0.2, 0) is 27.8 Å². The lowest BCUT2D eigenvalue weighted by atomic mass is 10.1. The Morgan fingerprint density at radius 3 is 2.73 bits per heavy atom. The third kappa shape index (κ3) is 4.90. The van der Waals surface area contributed by atoms with Crippen LogP contribution in [0.15, 0.2) is 24.3 Å². The molecule has 1 aromatic carbocycles. The van der Waals surface area contributed by atoms with Crippen molar-refractivity contribution in [2.45, 2.75) is 57.5 Å². The Kier molecular flexibility index (Phi) is 7.02. The van der Waals surface area contributed by atoms with E-state index in [0.717, 1.165) is 68.1 Å². The number of likely N-dealkylation sites (tertiary alicyclic amines) is 2. The van der Waals surface area contributed by atoms with Crippen LogP contribution in [0.3, 0.4) is 0 Å². The van der Waals surface area contributed by atoms with E-state index < -0.39 is 0 Å². The monoisotopic (exact) mass is 453 g/mol. The molecule has 2 fully saturated rings. The molecular formula is C25H35N5O3. The molecule has 2 atom stereocenters. The number of nitrogen functional groups attached to an aromatic ring is 1. The van der Waals surface area contributed by atoms with Gasteiger partial charge >= 0.3 is 5.97 Å². The minimum atomic E-state index is -0.251. The van der Waals surface area contributed by atoms with E-state index in [0.29, 0.717) is 6.61 Å². The highest BCUT2D eigenvalue weighted by atomic mass is 16.5. The highest BCUT2D eigenvalue weighted by Crippen LogP contribution is 2.28. The van der Waals surface area contributed by atoms with Crippen molar-refractivity contribution in [2.75, 3.05) is 26.2 Å². The molecule has 3 heterocycles. The molecule has 8 heteroatoms. The number of nitrogens with one attached hydrogen (secondary N) is 1. The summed E-state index contributed by atoms with van der Waals surface area (Å²) in [6, 6.07) is 8.07. The number of amidine groups is 1. The minimum Gasteiger partial charge on any atom is -0.465 e. The molecule has 8 nitrogen and oxygen atoms in total. The summed E-state index contributed by atoms with van der Waals surface area (Å²) >= 11 is 0. The van der Waals surface area contributed by atoms with Crippen molar-refractivity contribution in [3.05, 3.63) is 35.5 Å². The van der Waals surface area contributed by atoms with Crippen LogP contribution < -0.4 is 5.73 Å². The molecule has 0 saturated carbocycles. The van der Waals surface area contributed by atoms with Crippen molar-refractivity contribution in [3.8, 4) is 0 Å².